The minimum Gasteiger partial charge on any atom is -0.459 e. The summed E-state index contributed by atoms with van der Waals surface area (Å²) in [5, 5.41) is 2.77. The van der Waals surface area contributed by atoms with Crippen LogP contribution in [0.4, 0.5) is 0 Å². The van der Waals surface area contributed by atoms with Crippen LogP contribution in [0.25, 0.3) is 0 Å². The van der Waals surface area contributed by atoms with E-state index in [-0.39, 0.29) is 18.0 Å². The Kier molecular flexibility index (Phi) is 3.97. The summed E-state index contributed by atoms with van der Waals surface area (Å²) in [6, 6.07) is 8.99. The Morgan fingerprint density at radius 2 is 1.94 bits per heavy atom. The van der Waals surface area contributed by atoms with Gasteiger partial charge < -0.3 is 10.1 Å². The number of hydrogen-bond acceptors (Lipinski definition) is 3. The van der Waals surface area contributed by atoms with Crippen molar-refractivity contribution in [3.05, 3.63) is 35.9 Å². The largest absolute Gasteiger partial charge is 0.459 e. The van der Waals surface area contributed by atoms with E-state index < -0.39 is 0 Å². The summed E-state index contributed by atoms with van der Waals surface area (Å²) in [7, 11) is 0. The molecule has 1 fully saturated rings. The van der Waals surface area contributed by atoms with Crippen LogP contribution in [0.5, 0.6) is 0 Å². The Labute approximate surface area is 106 Å². The lowest BCUT2D eigenvalue weighted by Crippen LogP contribution is -2.40. The van der Waals surface area contributed by atoms with Gasteiger partial charge >= 0.3 is 5.97 Å². The third-order valence-electron chi connectivity index (χ3n) is 3.12. The fraction of sp³-hybridized carbons (Fsp3) is 0.429. The number of amides is 1. The van der Waals surface area contributed by atoms with Crippen LogP contribution in [-0.4, -0.2) is 24.5 Å². The maximum Gasteiger partial charge on any atom is 0.338 e. The van der Waals surface area contributed by atoms with Crippen molar-refractivity contribution in [3.63, 3.8) is 0 Å². The Morgan fingerprint density at radius 3 is 2.56 bits per heavy atom. The van der Waals surface area contributed by atoms with Gasteiger partial charge in [0.15, 0.2) is 0 Å². The summed E-state index contributed by atoms with van der Waals surface area (Å²) < 4.78 is 5.36. The summed E-state index contributed by atoms with van der Waals surface area (Å²) in [4.78, 5) is 22.5. The van der Waals surface area contributed by atoms with Crippen molar-refractivity contribution in [1.82, 2.24) is 5.32 Å². The van der Waals surface area contributed by atoms with Gasteiger partial charge in [-0.2, -0.15) is 0 Å². The van der Waals surface area contributed by atoms with Gasteiger partial charge in [-0.1, -0.05) is 18.2 Å². The molecule has 4 nitrogen and oxygen atoms in total. The van der Waals surface area contributed by atoms with Crippen LogP contribution in [0, 0.1) is 5.92 Å². The number of nitrogens with one attached hydrogen (secondary N) is 1. The second-order valence-corrected chi connectivity index (χ2v) is 4.67. The molecule has 0 saturated heterocycles. The first-order chi connectivity index (χ1) is 8.65. The summed E-state index contributed by atoms with van der Waals surface area (Å²) in [6.07, 6.45) is 1.66. The lowest BCUT2D eigenvalue weighted by Gasteiger charge is -2.34. The smallest absolute Gasteiger partial charge is 0.338 e. The van der Waals surface area contributed by atoms with Crippen LogP contribution < -0.4 is 5.32 Å². The molecule has 2 rings (SSSR count). The first kappa shape index (κ1) is 12.6. The maximum atomic E-state index is 11.7. The zero-order valence-electron chi connectivity index (χ0n) is 10.4. The minimum absolute atomic E-state index is 0.00327. The van der Waals surface area contributed by atoms with Gasteiger partial charge in [0.05, 0.1) is 5.56 Å². The normalized spacial score (nSPS) is 21.8. The van der Waals surface area contributed by atoms with Gasteiger partial charge in [0, 0.05) is 13.5 Å². The van der Waals surface area contributed by atoms with Crippen molar-refractivity contribution in [1.29, 1.82) is 0 Å². The van der Waals surface area contributed by atoms with Gasteiger partial charge in [0.2, 0.25) is 5.91 Å². The van der Waals surface area contributed by atoms with E-state index in [9.17, 15) is 9.59 Å². The van der Waals surface area contributed by atoms with Crippen molar-refractivity contribution in [2.75, 3.05) is 6.54 Å². The lowest BCUT2D eigenvalue weighted by molar-refractivity contribution is -0.119. The fourth-order valence-electron chi connectivity index (χ4n) is 2.02. The average Bonchev–Trinajstić information content (AvgIpc) is 2.32. The number of carbonyl (C=O) groups excluding carboxylic acids is 2. The average molecular weight is 247 g/mol. The molecule has 1 aliphatic carbocycles. The van der Waals surface area contributed by atoms with Crippen molar-refractivity contribution in [3.8, 4) is 0 Å². The van der Waals surface area contributed by atoms with Gasteiger partial charge in [-0.25, -0.2) is 4.79 Å². The first-order valence-electron chi connectivity index (χ1n) is 6.15. The number of esters is 1. The Hall–Kier alpha value is -1.84. The Balaban J connectivity index is 1.71. The molecule has 18 heavy (non-hydrogen) atoms. The molecule has 0 unspecified atom stereocenters. The molecular formula is C14H17NO3. The quantitative estimate of drug-likeness (QED) is 0.825. The number of rotatable bonds is 4. The van der Waals surface area contributed by atoms with Crippen LogP contribution in [-0.2, 0) is 9.53 Å². The third-order valence-corrected chi connectivity index (χ3v) is 3.12. The molecule has 1 aliphatic rings. The molecule has 4 heteroatoms. The van der Waals surface area contributed by atoms with E-state index in [1.807, 2.05) is 18.2 Å². The molecule has 0 aromatic heterocycles. The highest BCUT2D eigenvalue weighted by atomic mass is 16.5. The standard InChI is InChI=1S/C14H17NO3/c1-10(16)15-9-11-7-13(8-11)18-14(17)12-5-3-2-4-6-12/h2-6,11,13H,7-9H2,1H3,(H,15,16). The molecule has 0 aliphatic heterocycles. The highest BCUT2D eigenvalue weighted by molar-refractivity contribution is 5.89. The van der Waals surface area contributed by atoms with Crippen molar-refractivity contribution in [2.24, 2.45) is 5.92 Å². The molecule has 1 aromatic carbocycles. The molecule has 0 radical (unpaired) electrons. The highest BCUT2D eigenvalue weighted by Gasteiger charge is 2.32. The van der Waals surface area contributed by atoms with Crippen LogP contribution in [0.2, 0.25) is 0 Å². The monoisotopic (exact) mass is 247 g/mol. The number of ether oxygens (including phenoxy) is 1. The highest BCUT2D eigenvalue weighted by Crippen LogP contribution is 2.30. The third kappa shape index (κ3) is 3.32. The summed E-state index contributed by atoms with van der Waals surface area (Å²) in [5.74, 6) is 0.154. The molecule has 1 N–H and O–H groups in total. The number of benzene rings is 1. The second-order valence-electron chi connectivity index (χ2n) is 4.67. The predicted octanol–water partition coefficient (Wildman–Crippen LogP) is 1.76. The van der Waals surface area contributed by atoms with Gasteiger partial charge in [-0.15, -0.1) is 0 Å². The van der Waals surface area contributed by atoms with E-state index in [1.54, 1.807) is 12.1 Å². The number of hydrogen-bond donors (Lipinski definition) is 1. The van der Waals surface area contributed by atoms with Gasteiger partial charge in [0.1, 0.15) is 6.10 Å². The molecular weight excluding hydrogens is 230 g/mol. The van der Waals surface area contributed by atoms with E-state index in [1.165, 1.54) is 6.92 Å². The van der Waals surface area contributed by atoms with Crippen LogP contribution in [0.15, 0.2) is 30.3 Å². The Bertz CT molecular complexity index is 424. The summed E-state index contributed by atoms with van der Waals surface area (Å²) >= 11 is 0. The fourth-order valence-corrected chi connectivity index (χ4v) is 2.02. The van der Waals surface area contributed by atoms with E-state index in [4.69, 9.17) is 4.74 Å². The van der Waals surface area contributed by atoms with Gasteiger partial charge in [0.25, 0.3) is 0 Å². The van der Waals surface area contributed by atoms with E-state index in [0.717, 1.165) is 12.8 Å². The maximum absolute atomic E-state index is 11.7. The van der Waals surface area contributed by atoms with Crippen LogP contribution in [0.3, 0.4) is 0 Å². The molecule has 1 saturated carbocycles. The van der Waals surface area contributed by atoms with Gasteiger partial charge in [-0.3, -0.25) is 4.79 Å². The zero-order chi connectivity index (χ0) is 13.0. The first-order valence-corrected chi connectivity index (χ1v) is 6.15. The molecule has 0 bridgehead atoms. The molecule has 0 atom stereocenters. The summed E-state index contributed by atoms with van der Waals surface area (Å²) in [5.41, 5.74) is 0.586. The predicted molar refractivity (Wildman–Crippen MR) is 67.1 cm³/mol. The second kappa shape index (κ2) is 5.67. The lowest BCUT2D eigenvalue weighted by atomic mass is 9.82. The van der Waals surface area contributed by atoms with Gasteiger partial charge in [-0.05, 0) is 30.9 Å². The van der Waals surface area contributed by atoms with E-state index in [0.29, 0.717) is 18.0 Å². The summed E-state index contributed by atoms with van der Waals surface area (Å²) in [6.45, 7) is 2.18. The molecule has 1 amide bonds. The molecule has 0 heterocycles. The Morgan fingerprint density at radius 1 is 1.28 bits per heavy atom. The van der Waals surface area contributed by atoms with E-state index in [2.05, 4.69) is 5.32 Å². The minimum atomic E-state index is -0.265. The topological polar surface area (TPSA) is 55.4 Å². The van der Waals surface area contributed by atoms with E-state index >= 15 is 0 Å². The van der Waals surface area contributed by atoms with Crippen molar-refractivity contribution >= 4 is 11.9 Å². The zero-order valence-corrected chi connectivity index (χ0v) is 10.4. The van der Waals surface area contributed by atoms with Crippen LogP contribution in [0.1, 0.15) is 30.1 Å². The van der Waals surface area contributed by atoms with Crippen molar-refractivity contribution in [2.45, 2.75) is 25.9 Å². The molecule has 96 valence electrons. The SMILES string of the molecule is CC(=O)NCC1CC(OC(=O)c2ccccc2)C1. The molecule has 0 spiro atoms. The van der Waals surface area contributed by atoms with Crippen LogP contribution >= 0.6 is 0 Å². The van der Waals surface area contributed by atoms with Crippen molar-refractivity contribution < 1.29 is 14.3 Å². The molecule has 1 aromatic rings. The number of carbonyl (C=O) groups is 2.